The number of aliphatic carboxylic acids is 1. The third-order valence-electron chi connectivity index (χ3n) is 14.5. The number of nitrogens with one attached hydrogen (secondary N) is 1. The number of hydrogen-bond acceptors (Lipinski definition) is 14. The van der Waals surface area contributed by atoms with Crippen LogP contribution in [0.5, 0.6) is 23.0 Å². The van der Waals surface area contributed by atoms with Crippen molar-refractivity contribution in [3.8, 4) is 23.0 Å². The highest BCUT2D eigenvalue weighted by Crippen LogP contribution is 2.69. The van der Waals surface area contributed by atoms with Gasteiger partial charge in [-0.15, -0.1) is 0 Å². The zero-order chi connectivity index (χ0) is 46.0. The molecule has 65 heavy (non-hydrogen) atoms. The number of carbonyl (C=O) groups excluding carboxylic acids is 1. The molecule has 1 amide bonds. The molecule has 2 fully saturated rings. The third-order valence-corrected chi connectivity index (χ3v) is 14.5. The van der Waals surface area contributed by atoms with Crippen LogP contribution in [0.25, 0.3) is 6.08 Å². The van der Waals surface area contributed by atoms with E-state index in [1.54, 1.807) is 36.5 Å². The van der Waals surface area contributed by atoms with Gasteiger partial charge in [0.05, 0.1) is 18.6 Å². The molecule has 0 radical (unpaired) electrons. The summed E-state index contributed by atoms with van der Waals surface area (Å²) >= 11 is 0. The van der Waals surface area contributed by atoms with E-state index in [9.17, 15) is 55.9 Å². The number of benzene rings is 3. The fourth-order valence-electron chi connectivity index (χ4n) is 11.9. The average molecular weight is 896 g/mol. The molecule has 344 valence electrons. The molecule has 10 atom stereocenters. The number of phenolic OH excluding ortho intramolecular Hbond substituents is 3. The monoisotopic (exact) mass is 895 g/mol. The van der Waals surface area contributed by atoms with Gasteiger partial charge in [-0.1, -0.05) is 36.6 Å². The number of aromatic hydroxyl groups is 3. The molecule has 1 saturated heterocycles. The number of carbonyl (C=O) groups is 2. The van der Waals surface area contributed by atoms with Gasteiger partial charge in [0, 0.05) is 65.4 Å². The molecular formula is C48H53N3O14. The number of anilines is 1. The standard InChI is InChI=1S/C48H53N3O14/c52-16-4-6-27-21-47(45(61)62)41(40(27)46-15-2-1-7-29(46)12-11-26-5-3-8-34(55)39(26)46)31-19-35(56)36(64-48(63)44(60)43(59)42(58)37(23-53)65-48)20-32(31)51(47)38(57)14-10-25-9-13-33(54)28(17-25)18-30-22-49-24-50-30/h3,5,8-10,13-14,17,19-22,24,29,37,40-44,52-56,58-60,63H,1-2,4,6-7,11-12,15-16,18,23H2,(H,49,50)(H,61,62). The molecule has 9 rings (SSSR count). The molecule has 11 N–H and O–H groups in total. The Kier molecular flexibility index (Phi) is 11.5. The smallest absolute Gasteiger partial charge is 0.355 e. The number of carboxylic acid groups (broad SMARTS) is 1. The fourth-order valence-corrected chi connectivity index (χ4v) is 11.9. The van der Waals surface area contributed by atoms with Crippen molar-refractivity contribution in [3.63, 3.8) is 0 Å². The number of nitrogens with zero attached hydrogens (tertiary/aromatic N) is 2. The Morgan fingerprint density at radius 1 is 0.969 bits per heavy atom. The summed E-state index contributed by atoms with van der Waals surface area (Å²) in [5.74, 6) is -8.38. The van der Waals surface area contributed by atoms with Crippen LogP contribution in [0.4, 0.5) is 5.69 Å². The minimum absolute atomic E-state index is 0.00544. The van der Waals surface area contributed by atoms with Crippen LogP contribution in [0.3, 0.4) is 0 Å². The number of aryl methyl sites for hydroxylation is 1. The molecule has 1 saturated carbocycles. The summed E-state index contributed by atoms with van der Waals surface area (Å²) in [7, 11) is 0. The number of fused-ring (bicyclic) bond motifs is 6. The van der Waals surface area contributed by atoms with E-state index >= 15 is 4.79 Å². The van der Waals surface area contributed by atoms with Crippen molar-refractivity contribution >= 4 is 23.6 Å². The SMILES string of the molecule is O=C(C=Cc1ccc(O)c(Cc2cnc[nH]2)c1)N1c2cc(OC3(O)OC(CO)C(O)C(O)C3O)c(O)cc2C2C(C34CCCCC3CCc3cccc(O)c34)C(CCCO)=CC21C(=O)O. The molecule has 4 aromatic rings. The highest BCUT2D eigenvalue weighted by Gasteiger charge is 2.69. The topological polar surface area (TPSA) is 287 Å². The number of H-pyrrole nitrogens is 1. The van der Waals surface area contributed by atoms with E-state index in [4.69, 9.17) is 9.47 Å². The highest BCUT2D eigenvalue weighted by molar-refractivity contribution is 6.13. The number of imidazole rings is 1. The largest absolute Gasteiger partial charge is 0.508 e. The second-order valence-corrected chi connectivity index (χ2v) is 18.0. The molecule has 3 aromatic carbocycles. The zero-order valence-corrected chi connectivity index (χ0v) is 35.3. The first-order valence-corrected chi connectivity index (χ1v) is 22.0. The van der Waals surface area contributed by atoms with Crippen LogP contribution in [0, 0.1) is 11.8 Å². The maximum Gasteiger partial charge on any atom is 0.355 e. The van der Waals surface area contributed by atoms with Gasteiger partial charge in [-0.3, -0.25) is 9.69 Å². The predicted molar refractivity (Wildman–Crippen MR) is 231 cm³/mol. The van der Waals surface area contributed by atoms with Gasteiger partial charge in [0.1, 0.15) is 29.8 Å². The lowest BCUT2D eigenvalue weighted by molar-refractivity contribution is -0.422. The molecule has 2 aliphatic heterocycles. The van der Waals surface area contributed by atoms with E-state index in [0.717, 1.165) is 53.5 Å². The number of aliphatic hydroxyl groups excluding tert-OH is 5. The maximum atomic E-state index is 15.1. The molecule has 10 unspecified atom stereocenters. The number of carboxylic acids is 1. The second-order valence-electron chi connectivity index (χ2n) is 18.0. The number of ether oxygens (including phenoxy) is 2. The van der Waals surface area contributed by atoms with E-state index in [1.165, 1.54) is 30.6 Å². The summed E-state index contributed by atoms with van der Waals surface area (Å²) in [5, 5.41) is 110. The lowest BCUT2D eigenvalue weighted by Crippen LogP contribution is -2.67. The third kappa shape index (κ3) is 7.08. The minimum Gasteiger partial charge on any atom is -0.508 e. The number of hydrogen-bond donors (Lipinski definition) is 11. The first-order chi connectivity index (χ1) is 31.2. The van der Waals surface area contributed by atoms with Crippen molar-refractivity contribution in [3.05, 3.63) is 112 Å². The number of aliphatic hydroxyl groups is 6. The Morgan fingerprint density at radius 2 is 1.78 bits per heavy atom. The highest BCUT2D eigenvalue weighted by atomic mass is 16.8. The average Bonchev–Trinajstić information content (AvgIpc) is 4.00. The van der Waals surface area contributed by atoms with Crippen molar-refractivity contribution in [1.29, 1.82) is 0 Å². The molecule has 5 aliphatic rings. The van der Waals surface area contributed by atoms with Crippen LogP contribution in [-0.2, 0) is 32.6 Å². The molecule has 17 heteroatoms. The molecule has 3 aliphatic carbocycles. The zero-order valence-electron chi connectivity index (χ0n) is 35.3. The van der Waals surface area contributed by atoms with Gasteiger partial charge in [0.2, 0.25) is 0 Å². The molecular weight excluding hydrogens is 843 g/mol. The van der Waals surface area contributed by atoms with Crippen LogP contribution in [-0.4, -0.2) is 122 Å². The van der Waals surface area contributed by atoms with Gasteiger partial charge < -0.3 is 65.5 Å². The number of phenols is 3. The summed E-state index contributed by atoms with van der Waals surface area (Å²) in [6, 6.07) is 12.5. The Balaban J connectivity index is 1.23. The maximum absolute atomic E-state index is 15.1. The number of rotatable bonds is 12. The van der Waals surface area contributed by atoms with Gasteiger partial charge in [0.15, 0.2) is 23.1 Å². The summed E-state index contributed by atoms with van der Waals surface area (Å²) in [6.45, 7) is -1.12. The van der Waals surface area contributed by atoms with Gasteiger partial charge in [-0.2, -0.15) is 0 Å². The second kappa shape index (κ2) is 16.9. The molecule has 0 bridgehead atoms. The fraction of sp³-hybridized carbons (Fsp3) is 0.438. The number of amides is 1. The summed E-state index contributed by atoms with van der Waals surface area (Å²) in [5.41, 5.74) is 1.25. The number of allylic oxidation sites excluding steroid dienone is 1. The van der Waals surface area contributed by atoms with E-state index in [-0.39, 0.29) is 48.1 Å². The number of aromatic amines is 1. The van der Waals surface area contributed by atoms with Crippen molar-refractivity contribution in [1.82, 2.24) is 9.97 Å². The normalized spacial score (nSPS) is 31.5. The van der Waals surface area contributed by atoms with Crippen molar-refractivity contribution in [2.75, 3.05) is 18.1 Å². The lowest BCUT2D eigenvalue weighted by atomic mass is 9.48. The van der Waals surface area contributed by atoms with E-state index in [1.807, 2.05) is 6.07 Å². The summed E-state index contributed by atoms with van der Waals surface area (Å²) in [4.78, 5) is 37.7. The minimum atomic E-state index is -3.17. The molecule has 3 heterocycles. The van der Waals surface area contributed by atoms with Crippen molar-refractivity contribution in [2.45, 2.75) is 105 Å². The van der Waals surface area contributed by atoms with Crippen LogP contribution in [0.2, 0.25) is 0 Å². The molecule has 17 nitrogen and oxygen atoms in total. The molecule has 0 spiro atoms. The van der Waals surface area contributed by atoms with Crippen molar-refractivity contribution in [2.24, 2.45) is 11.8 Å². The van der Waals surface area contributed by atoms with Crippen molar-refractivity contribution < 1.29 is 70.1 Å². The van der Waals surface area contributed by atoms with E-state index in [0.29, 0.717) is 36.0 Å². The Morgan fingerprint density at radius 3 is 2.52 bits per heavy atom. The molecule has 1 aromatic heterocycles. The van der Waals surface area contributed by atoms with Crippen LogP contribution >= 0.6 is 0 Å². The van der Waals surface area contributed by atoms with E-state index < -0.39 is 83.2 Å². The first kappa shape index (κ1) is 44.4. The van der Waals surface area contributed by atoms with E-state index in [2.05, 4.69) is 9.97 Å². The number of aromatic nitrogens is 2. The van der Waals surface area contributed by atoms with Crippen LogP contribution < -0.4 is 9.64 Å². The van der Waals surface area contributed by atoms with Gasteiger partial charge in [0.25, 0.3) is 5.91 Å². The van der Waals surface area contributed by atoms with Gasteiger partial charge >= 0.3 is 11.9 Å². The Hall–Kier alpha value is -5.79. The lowest BCUT2D eigenvalue weighted by Gasteiger charge is -2.55. The van der Waals surface area contributed by atoms with Crippen LogP contribution in [0.15, 0.2) is 78.8 Å². The van der Waals surface area contributed by atoms with Crippen LogP contribution in [0.1, 0.15) is 84.4 Å². The van der Waals surface area contributed by atoms with Gasteiger partial charge in [-0.05, 0) is 97.6 Å². The predicted octanol–water partition coefficient (Wildman–Crippen LogP) is 2.99. The quantitative estimate of drug-likeness (QED) is 0.0554. The summed E-state index contributed by atoms with van der Waals surface area (Å²) < 4.78 is 11.0. The summed E-state index contributed by atoms with van der Waals surface area (Å²) in [6.07, 6.45) is 4.82. The van der Waals surface area contributed by atoms with Gasteiger partial charge in [-0.25, -0.2) is 9.78 Å². The Labute approximate surface area is 373 Å². The Bertz CT molecular complexity index is 2540. The first-order valence-electron chi connectivity index (χ1n) is 22.0.